The van der Waals surface area contributed by atoms with Crippen LogP contribution in [0.5, 0.6) is 23.0 Å². The number of thiazole rings is 1. The van der Waals surface area contributed by atoms with Crippen LogP contribution >= 0.6 is 11.3 Å². The molecule has 1 heterocycles. The minimum absolute atomic E-state index is 0.659. The smallest absolute Gasteiger partial charge is 0.203 e. The van der Waals surface area contributed by atoms with Crippen molar-refractivity contribution < 1.29 is 18.9 Å². The molecule has 3 aromatic rings. The van der Waals surface area contributed by atoms with Gasteiger partial charge in [-0.3, -0.25) is 5.43 Å². The quantitative estimate of drug-likeness (QED) is 0.450. The normalized spacial score (nSPS) is 10.7. The van der Waals surface area contributed by atoms with Crippen LogP contribution in [0.25, 0.3) is 11.3 Å². The maximum absolute atomic E-state index is 5.36. The summed E-state index contributed by atoms with van der Waals surface area (Å²) in [6, 6.07) is 11.2. The minimum Gasteiger partial charge on any atom is -0.497 e. The van der Waals surface area contributed by atoms with E-state index in [1.54, 1.807) is 40.7 Å². The van der Waals surface area contributed by atoms with Gasteiger partial charge in [0.25, 0.3) is 0 Å². The van der Waals surface area contributed by atoms with Gasteiger partial charge in [0.1, 0.15) is 11.5 Å². The van der Waals surface area contributed by atoms with Crippen molar-refractivity contribution in [3.8, 4) is 34.3 Å². The molecule has 0 saturated heterocycles. The standard InChI is InChI=1S/C20H21N3O4S/c1-24-15-7-5-14(18(10-15)26-3)11-21-23-20-22-16(12-28-20)13-6-8-17(25-2)19(9-13)27-4/h5-12H,1-4H3,(H,22,23)/b21-11-. The summed E-state index contributed by atoms with van der Waals surface area (Å²) in [5, 5.41) is 6.88. The molecule has 0 bridgehead atoms. The Bertz CT molecular complexity index is 972. The molecule has 0 spiro atoms. The zero-order valence-electron chi connectivity index (χ0n) is 16.1. The van der Waals surface area contributed by atoms with E-state index in [1.165, 1.54) is 11.3 Å². The third-order valence-electron chi connectivity index (χ3n) is 3.99. The number of nitrogens with zero attached hydrogens (tertiary/aromatic N) is 2. The average Bonchev–Trinajstić information content (AvgIpc) is 3.22. The molecule has 0 atom stereocenters. The molecule has 0 aliphatic carbocycles. The molecule has 0 amide bonds. The van der Waals surface area contributed by atoms with Gasteiger partial charge in [-0.05, 0) is 30.3 Å². The molecule has 7 nitrogen and oxygen atoms in total. The lowest BCUT2D eigenvalue weighted by Crippen LogP contribution is -1.95. The predicted molar refractivity (Wildman–Crippen MR) is 111 cm³/mol. The molecule has 0 unspecified atom stereocenters. The Morgan fingerprint density at radius 1 is 0.893 bits per heavy atom. The highest BCUT2D eigenvalue weighted by atomic mass is 32.1. The van der Waals surface area contributed by atoms with Crippen LogP contribution in [0.3, 0.4) is 0 Å². The number of hydrazone groups is 1. The number of methoxy groups -OCH3 is 4. The van der Waals surface area contributed by atoms with Crippen molar-refractivity contribution in [3.63, 3.8) is 0 Å². The Labute approximate surface area is 167 Å². The molecule has 0 fully saturated rings. The molecule has 0 radical (unpaired) electrons. The molecular formula is C20H21N3O4S. The van der Waals surface area contributed by atoms with E-state index in [1.807, 2.05) is 35.7 Å². The van der Waals surface area contributed by atoms with E-state index < -0.39 is 0 Å². The van der Waals surface area contributed by atoms with Crippen LogP contribution in [0.15, 0.2) is 46.9 Å². The molecule has 0 aliphatic rings. The summed E-state index contributed by atoms with van der Waals surface area (Å²) in [7, 11) is 6.44. The molecule has 0 aliphatic heterocycles. The Hall–Kier alpha value is -3.26. The molecule has 0 saturated carbocycles. The number of aromatic nitrogens is 1. The summed E-state index contributed by atoms with van der Waals surface area (Å²) in [6.07, 6.45) is 1.68. The summed E-state index contributed by atoms with van der Waals surface area (Å²) < 4.78 is 21.2. The van der Waals surface area contributed by atoms with E-state index in [2.05, 4.69) is 15.5 Å². The minimum atomic E-state index is 0.659. The SMILES string of the molecule is COc1ccc(/C=N\Nc2nc(-c3ccc(OC)c(OC)c3)cs2)c(OC)c1. The van der Waals surface area contributed by atoms with E-state index >= 15 is 0 Å². The van der Waals surface area contributed by atoms with Crippen molar-refractivity contribution in [3.05, 3.63) is 47.3 Å². The van der Waals surface area contributed by atoms with Gasteiger partial charge in [0, 0.05) is 22.6 Å². The highest BCUT2D eigenvalue weighted by Gasteiger charge is 2.09. The fourth-order valence-corrected chi connectivity index (χ4v) is 3.20. The highest BCUT2D eigenvalue weighted by Crippen LogP contribution is 2.33. The van der Waals surface area contributed by atoms with Gasteiger partial charge in [-0.2, -0.15) is 5.10 Å². The molecular weight excluding hydrogens is 378 g/mol. The second-order valence-corrected chi connectivity index (χ2v) is 6.44. The van der Waals surface area contributed by atoms with Crippen molar-refractivity contribution in [2.45, 2.75) is 0 Å². The first kappa shape index (κ1) is 19.5. The second kappa shape index (κ2) is 9.09. The van der Waals surface area contributed by atoms with Gasteiger partial charge < -0.3 is 18.9 Å². The number of nitrogens with one attached hydrogen (secondary N) is 1. The van der Waals surface area contributed by atoms with Gasteiger partial charge in [0.05, 0.1) is 40.3 Å². The molecule has 146 valence electrons. The lowest BCUT2D eigenvalue weighted by atomic mass is 10.1. The number of hydrogen-bond acceptors (Lipinski definition) is 8. The van der Waals surface area contributed by atoms with Crippen molar-refractivity contribution in [2.24, 2.45) is 5.10 Å². The van der Waals surface area contributed by atoms with Gasteiger partial charge in [0.15, 0.2) is 11.5 Å². The zero-order chi connectivity index (χ0) is 19.9. The first-order valence-electron chi connectivity index (χ1n) is 8.37. The molecule has 8 heteroatoms. The molecule has 28 heavy (non-hydrogen) atoms. The van der Waals surface area contributed by atoms with Crippen LogP contribution < -0.4 is 24.4 Å². The lowest BCUT2D eigenvalue weighted by molar-refractivity contribution is 0.355. The van der Waals surface area contributed by atoms with Gasteiger partial charge in [-0.1, -0.05) is 0 Å². The fraction of sp³-hybridized carbons (Fsp3) is 0.200. The molecule has 1 N–H and O–H groups in total. The Morgan fingerprint density at radius 3 is 2.39 bits per heavy atom. The zero-order valence-corrected chi connectivity index (χ0v) is 16.9. The summed E-state index contributed by atoms with van der Waals surface area (Å²) in [5.74, 6) is 2.74. The predicted octanol–water partition coefficient (Wildman–Crippen LogP) is 4.29. The Balaban J connectivity index is 1.72. The Kier molecular flexibility index (Phi) is 6.33. The summed E-state index contributed by atoms with van der Waals surface area (Å²) >= 11 is 1.46. The first-order chi connectivity index (χ1) is 13.7. The van der Waals surface area contributed by atoms with Gasteiger partial charge in [-0.25, -0.2) is 4.98 Å². The number of ether oxygens (including phenoxy) is 4. The third kappa shape index (κ3) is 4.34. The average molecular weight is 399 g/mol. The van der Waals surface area contributed by atoms with Gasteiger partial charge in [-0.15, -0.1) is 11.3 Å². The van der Waals surface area contributed by atoms with Crippen molar-refractivity contribution >= 4 is 22.7 Å². The second-order valence-electron chi connectivity index (χ2n) is 5.59. The summed E-state index contributed by atoms with van der Waals surface area (Å²) in [4.78, 5) is 4.56. The van der Waals surface area contributed by atoms with E-state index in [0.29, 0.717) is 22.4 Å². The fourth-order valence-electron chi connectivity index (χ4n) is 2.54. The largest absolute Gasteiger partial charge is 0.497 e. The maximum atomic E-state index is 5.36. The number of benzene rings is 2. The molecule has 1 aromatic heterocycles. The lowest BCUT2D eigenvalue weighted by Gasteiger charge is -2.08. The van der Waals surface area contributed by atoms with Crippen molar-refractivity contribution in [2.75, 3.05) is 33.9 Å². The van der Waals surface area contributed by atoms with Crippen LogP contribution in [-0.2, 0) is 0 Å². The van der Waals surface area contributed by atoms with Crippen LogP contribution in [0, 0.1) is 0 Å². The summed E-state index contributed by atoms with van der Waals surface area (Å²) in [5.41, 5.74) is 5.53. The number of rotatable bonds is 8. The number of anilines is 1. The molecule has 2 aromatic carbocycles. The maximum Gasteiger partial charge on any atom is 0.203 e. The number of hydrogen-bond donors (Lipinski definition) is 1. The highest BCUT2D eigenvalue weighted by molar-refractivity contribution is 7.14. The van der Waals surface area contributed by atoms with Crippen LogP contribution in [-0.4, -0.2) is 39.6 Å². The summed E-state index contributed by atoms with van der Waals surface area (Å²) in [6.45, 7) is 0. The van der Waals surface area contributed by atoms with Crippen LogP contribution in [0.1, 0.15) is 5.56 Å². The Morgan fingerprint density at radius 2 is 1.68 bits per heavy atom. The van der Waals surface area contributed by atoms with E-state index in [0.717, 1.165) is 22.6 Å². The monoisotopic (exact) mass is 399 g/mol. The van der Waals surface area contributed by atoms with Gasteiger partial charge in [0.2, 0.25) is 5.13 Å². The van der Waals surface area contributed by atoms with E-state index in [9.17, 15) is 0 Å². The van der Waals surface area contributed by atoms with E-state index in [4.69, 9.17) is 18.9 Å². The topological polar surface area (TPSA) is 74.2 Å². The first-order valence-corrected chi connectivity index (χ1v) is 9.25. The van der Waals surface area contributed by atoms with Crippen molar-refractivity contribution in [1.82, 2.24) is 4.98 Å². The molecule has 3 rings (SSSR count). The van der Waals surface area contributed by atoms with Crippen LogP contribution in [0.2, 0.25) is 0 Å². The van der Waals surface area contributed by atoms with E-state index in [-0.39, 0.29) is 0 Å². The van der Waals surface area contributed by atoms with Gasteiger partial charge >= 0.3 is 0 Å². The van der Waals surface area contributed by atoms with Crippen molar-refractivity contribution in [1.29, 1.82) is 0 Å². The third-order valence-corrected chi connectivity index (χ3v) is 4.73. The van der Waals surface area contributed by atoms with Crippen LogP contribution in [0.4, 0.5) is 5.13 Å².